The maximum Gasteiger partial charge on any atom is 0.151 e. The highest BCUT2D eigenvalue weighted by atomic mass is 35.5. The van der Waals surface area contributed by atoms with E-state index in [9.17, 15) is 4.79 Å². The second-order valence-electron chi connectivity index (χ2n) is 3.05. The van der Waals surface area contributed by atoms with Crippen LogP contribution in [0.15, 0.2) is 12.1 Å². The molecule has 2 nitrogen and oxygen atoms in total. The van der Waals surface area contributed by atoms with Gasteiger partial charge in [0.1, 0.15) is 5.75 Å². The molecule has 68 valence electrons. The van der Waals surface area contributed by atoms with Gasteiger partial charge >= 0.3 is 0 Å². The highest BCUT2D eigenvalue weighted by Crippen LogP contribution is 2.30. The molecule has 0 N–H and O–H groups in total. The quantitative estimate of drug-likeness (QED) is 0.645. The molecule has 0 radical (unpaired) electrons. The van der Waals surface area contributed by atoms with Crippen molar-refractivity contribution in [3.05, 3.63) is 28.3 Å². The van der Waals surface area contributed by atoms with Gasteiger partial charge in [0.15, 0.2) is 6.29 Å². The molecule has 0 amide bonds. The first-order valence-electron chi connectivity index (χ1n) is 4.21. The lowest BCUT2D eigenvalue weighted by atomic mass is 10.0. The van der Waals surface area contributed by atoms with Crippen molar-refractivity contribution in [3.8, 4) is 5.75 Å². The summed E-state index contributed by atoms with van der Waals surface area (Å²) in [6.07, 6.45) is 2.75. The van der Waals surface area contributed by atoms with Crippen molar-refractivity contribution in [3.63, 3.8) is 0 Å². The van der Waals surface area contributed by atoms with Crippen LogP contribution in [0.2, 0.25) is 5.02 Å². The first-order valence-corrected chi connectivity index (χ1v) is 4.59. The van der Waals surface area contributed by atoms with Crippen LogP contribution in [-0.2, 0) is 6.42 Å². The lowest BCUT2D eigenvalue weighted by molar-refractivity contribution is 0.112. The Morgan fingerprint density at radius 3 is 3.08 bits per heavy atom. The van der Waals surface area contributed by atoms with Crippen LogP contribution in [-0.4, -0.2) is 12.9 Å². The number of hydrogen-bond donors (Lipinski definition) is 0. The minimum Gasteiger partial charge on any atom is -0.493 e. The first-order chi connectivity index (χ1) is 6.31. The van der Waals surface area contributed by atoms with Gasteiger partial charge < -0.3 is 4.74 Å². The zero-order chi connectivity index (χ0) is 9.26. The third-order valence-corrected chi connectivity index (χ3v) is 2.48. The fraction of sp³-hybridized carbons (Fsp3) is 0.300. The number of aldehydes is 1. The van der Waals surface area contributed by atoms with Crippen LogP contribution in [0.1, 0.15) is 22.3 Å². The number of aryl methyl sites for hydroxylation is 1. The minimum atomic E-state index is 0.468. The van der Waals surface area contributed by atoms with Gasteiger partial charge in [-0.3, -0.25) is 4.79 Å². The van der Waals surface area contributed by atoms with Crippen LogP contribution < -0.4 is 4.74 Å². The van der Waals surface area contributed by atoms with Gasteiger partial charge in [-0.25, -0.2) is 0 Å². The molecule has 13 heavy (non-hydrogen) atoms. The van der Waals surface area contributed by atoms with Crippen LogP contribution in [0.3, 0.4) is 0 Å². The summed E-state index contributed by atoms with van der Waals surface area (Å²) in [4.78, 5) is 10.6. The van der Waals surface area contributed by atoms with Crippen molar-refractivity contribution in [1.82, 2.24) is 0 Å². The first kappa shape index (κ1) is 8.57. The van der Waals surface area contributed by atoms with Gasteiger partial charge in [0.05, 0.1) is 11.6 Å². The van der Waals surface area contributed by atoms with E-state index >= 15 is 0 Å². The van der Waals surface area contributed by atoms with E-state index in [1.807, 2.05) is 6.07 Å². The van der Waals surface area contributed by atoms with Gasteiger partial charge in [0.25, 0.3) is 0 Å². The molecule has 0 saturated carbocycles. The van der Waals surface area contributed by atoms with E-state index in [0.717, 1.165) is 37.0 Å². The van der Waals surface area contributed by atoms with E-state index in [0.29, 0.717) is 10.6 Å². The van der Waals surface area contributed by atoms with Gasteiger partial charge in [-0.2, -0.15) is 0 Å². The Balaban J connectivity index is 2.50. The maximum atomic E-state index is 10.6. The summed E-state index contributed by atoms with van der Waals surface area (Å²) in [5.41, 5.74) is 1.63. The van der Waals surface area contributed by atoms with E-state index in [1.165, 1.54) is 0 Å². The second kappa shape index (κ2) is 3.38. The number of ether oxygens (including phenoxy) is 1. The molecule has 0 saturated heterocycles. The van der Waals surface area contributed by atoms with Crippen LogP contribution in [0.4, 0.5) is 0 Å². The van der Waals surface area contributed by atoms with Gasteiger partial charge in [-0.05, 0) is 30.5 Å². The number of fused-ring (bicyclic) bond motifs is 1. The van der Waals surface area contributed by atoms with Gasteiger partial charge in [0.2, 0.25) is 0 Å². The average Bonchev–Trinajstić information content (AvgIpc) is 2.17. The molecular formula is C10H9ClO2. The molecule has 0 spiro atoms. The third kappa shape index (κ3) is 1.54. The number of hydrogen-bond acceptors (Lipinski definition) is 2. The summed E-state index contributed by atoms with van der Waals surface area (Å²) in [6.45, 7) is 0.740. The van der Waals surface area contributed by atoms with Crippen molar-refractivity contribution in [1.29, 1.82) is 0 Å². The Morgan fingerprint density at radius 1 is 1.46 bits per heavy atom. The number of benzene rings is 1. The summed E-state index contributed by atoms with van der Waals surface area (Å²) in [6, 6.07) is 3.53. The van der Waals surface area contributed by atoms with Crippen LogP contribution in [0.25, 0.3) is 0 Å². The fourth-order valence-electron chi connectivity index (χ4n) is 1.48. The Hall–Kier alpha value is -1.02. The van der Waals surface area contributed by atoms with Gasteiger partial charge in [-0.1, -0.05) is 11.6 Å². The van der Waals surface area contributed by atoms with E-state index < -0.39 is 0 Å². The van der Waals surface area contributed by atoms with Crippen LogP contribution >= 0.6 is 11.6 Å². The number of carbonyl (C=O) groups is 1. The van der Waals surface area contributed by atoms with E-state index in [2.05, 4.69) is 0 Å². The molecule has 1 aliphatic heterocycles. The molecule has 0 fully saturated rings. The average molecular weight is 197 g/mol. The topological polar surface area (TPSA) is 26.3 Å². The van der Waals surface area contributed by atoms with Crippen molar-refractivity contribution in [2.45, 2.75) is 12.8 Å². The molecule has 0 aliphatic carbocycles. The zero-order valence-electron chi connectivity index (χ0n) is 7.05. The molecule has 1 aliphatic rings. The predicted octanol–water partition coefficient (Wildman–Crippen LogP) is 2.48. The van der Waals surface area contributed by atoms with Crippen molar-refractivity contribution >= 4 is 17.9 Å². The fourth-order valence-corrected chi connectivity index (χ4v) is 1.68. The highest BCUT2D eigenvalue weighted by molar-refractivity contribution is 6.33. The van der Waals surface area contributed by atoms with Crippen molar-refractivity contribution in [2.75, 3.05) is 6.61 Å². The predicted molar refractivity (Wildman–Crippen MR) is 50.7 cm³/mol. The molecular weight excluding hydrogens is 188 g/mol. The highest BCUT2D eigenvalue weighted by Gasteiger charge is 2.12. The Kier molecular flexibility index (Phi) is 2.23. The summed E-state index contributed by atoms with van der Waals surface area (Å²) in [5, 5.41) is 0.468. The molecule has 0 unspecified atom stereocenters. The normalized spacial score (nSPS) is 14.5. The molecule has 1 heterocycles. The minimum absolute atomic E-state index is 0.468. The van der Waals surface area contributed by atoms with Crippen LogP contribution in [0, 0.1) is 0 Å². The second-order valence-corrected chi connectivity index (χ2v) is 3.46. The summed E-state index contributed by atoms with van der Waals surface area (Å²) in [5.74, 6) is 0.821. The van der Waals surface area contributed by atoms with E-state index in [-0.39, 0.29) is 0 Å². The molecule has 0 bridgehead atoms. The molecule has 1 aromatic rings. The van der Waals surface area contributed by atoms with Gasteiger partial charge in [0, 0.05) is 5.56 Å². The Morgan fingerprint density at radius 2 is 2.31 bits per heavy atom. The maximum absolute atomic E-state index is 10.6. The molecule has 2 rings (SSSR count). The Bertz CT molecular complexity index is 347. The third-order valence-electron chi connectivity index (χ3n) is 2.15. The van der Waals surface area contributed by atoms with Gasteiger partial charge in [-0.15, -0.1) is 0 Å². The lowest BCUT2D eigenvalue weighted by Crippen LogP contribution is -2.08. The van der Waals surface area contributed by atoms with E-state index in [1.54, 1.807) is 6.07 Å². The molecule has 1 aromatic carbocycles. The molecule has 0 aromatic heterocycles. The standard InChI is InChI=1S/C10H9ClO2/c11-9-5-10-7(2-1-3-13-10)4-8(9)6-12/h4-6H,1-3H2. The summed E-state index contributed by atoms with van der Waals surface area (Å²) >= 11 is 5.85. The number of halogens is 1. The molecule has 0 atom stereocenters. The lowest BCUT2D eigenvalue weighted by Gasteiger charge is -2.17. The Labute approximate surface area is 81.5 Å². The number of carbonyl (C=O) groups excluding carboxylic acids is 1. The van der Waals surface area contributed by atoms with Crippen molar-refractivity contribution in [2.24, 2.45) is 0 Å². The number of rotatable bonds is 1. The summed E-state index contributed by atoms with van der Waals surface area (Å²) in [7, 11) is 0. The van der Waals surface area contributed by atoms with Crippen LogP contribution in [0.5, 0.6) is 5.75 Å². The smallest absolute Gasteiger partial charge is 0.151 e. The SMILES string of the molecule is O=Cc1cc2c(cc1Cl)OCCC2. The summed E-state index contributed by atoms with van der Waals surface area (Å²) < 4.78 is 5.40. The monoisotopic (exact) mass is 196 g/mol. The zero-order valence-corrected chi connectivity index (χ0v) is 7.80. The van der Waals surface area contributed by atoms with Crippen molar-refractivity contribution < 1.29 is 9.53 Å². The van der Waals surface area contributed by atoms with E-state index in [4.69, 9.17) is 16.3 Å². The largest absolute Gasteiger partial charge is 0.493 e. The molecule has 3 heteroatoms.